The van der Waals surface area contributed by atoms with Crippen LogP contribution in [0.2, 0.25) is 0 Å². The molecule has 0 bridgehead atoms. The highest BCUT2D eigenvalue weighted by Crippen LogP contribution is 2.32. The van der Waals surface area contributed by atoms with E-state index in [-0.39, 0.29) is 17.3 Å². The van der Waals surface area contributed by atoms with Gasteiger partial charge in [-0.25, -0.2) is 26.3 Å². The Morgan fingerprint density at radius 3 is 2.22 bits per heavy atom. The van der Waals surface area contributed by atoms with Crippen molar-refractivity contribution in [1.29, 1.82) is 0 Å². The van der Waals surface area contributed by atoms with Gasteiger partial charge in [-0.3, -0.25) is 4.79 Å². The van der Waals surface area contributed by atoms with Crippen LogP contribution in [-0.2, 0) is 4.79 Å². The van der Waals surface area contributed by atoms with Crippen molar-refractivity contribution < 1.29 is 31.1 Å². The molecule has 0 fully saturated rings. The van der Waals surface area contributed by atoms with Gasteiger partial charge in [-0.1, -0.05) is 18.7 Å². The lowest BCUT2D eigenvalue weighted by Gasteiger charge is -2.21. The molecule has 0 heterocycles. The second-order valence-electron chi connectivity index (χ2n) is 3.66. The van der Waals surface area contributed by atoms with Crippen molar-refractivity contribution in [1.82, 2.24) is 0 Å². The van der Waals surface area contributed by atoms with Crippen LogP contribution in [0.15, 0.2) is 0 Å². The van der Waals surface area contributed by atoms with Gasteiger partial charge in [0.15, 0.2) is 5.12 Å². The zero-order valence-electron chi connectivity index (χ0n) is 9.64. The van der Waals surface area contributed by atoms with Crippen molar-refractivity contribution in [2.45, 2.75) is 50.9 Å². The van der Waals surface area contributed by atoms with Crippen molar-refractivity contribution in [2.24, 2.45) is 0 Å². The molecule has 0 amide bonds. The summed E-state index contributed by atoms with van der Waals surface area (Å²) in [5.74, 6) is -4.43. The number of hydrogen-bond acceptors (Lipinski definition) is 2. The van der Waals surface area contributed by atoms with E-state index in [0.29, 0.717) is 0 Å². The van der Waals surface area contributed by atoms with Crippen LogP contribution in [0.4, 0.5) is 26.3 Å². The summed E-state index contributed by atoms with van der Waals surface area (Å²) < 4.78 is 74.6. The standard InChI is InChI=1S/C10H14F6OS/c1-2-7(17)18-4-3-6(11)5-10(15,16)8(12)9(13)14/h6,8-9H,2-5H2,1H3. The van der Waals surface area contributed by atoms with Crippen LogP contribution >= 0.6 is 11.8 Å². The molecule has 0 aliphatic heterocycles. The fraction of sp³-hybridized carbons (Fsp3) is 0.900. The van der Waals surface area contributed by atoms with Crippen molar-refractivity contribution in [2.75, 3.05) is 5.75 Å². The summed E-state index contributed by atoms with van der Waals surface area (Å²) in [6, 6.07) is 0. The second-order valence-corrected chi connectivity index (χ2v) is 4.81. The topological polar surface area (TPSA) is 17.1 Å². The monoisotopic (exact) mass is 296 g/mol. The van der Waals surface area contributed by atoms with Crippen LogP contribution in [-0.4, -0.2) is 35.6 Å². The summed E-state index contributed by atoms with van der Waals surface area (Å²) in [7, 11) is 0. The molecule has 0 spiro atoms. The van der Waals surface area contributed by atoms with Gasteiger partial charge < -0.3 is 0 Å². The summed E-state index contributed by atoms with van der Waals surface area (Å²) in [6.07, 6.45) is -11.4. The number of carbonyl (C=O) groups excluding carboxylic acids is 1. The Labute approximate surface area is 105 Å². The highest BCUT2D eigenvalue weighted by molar-refractivity contribution is 8.13. The first-order valence-corrected chi connectivity index (χ1v) is 6.29. The SMILES string of the molecule is CCC(=O)SCCC(F)CC(F)(F)C(F)C(F)F. The van der Waals surface area contributed by atoms with Gasteiger partial charge >= 0.3 is 0 Å². The maximum atomic E-state index is 13.1. The van der Waals surface area contributed by atoms with E-state index in [4.69, 9.17) is 0 Å². The maximum Gasteiger partial charge on any atom is 0.287 e. The Morgan fingerprint density at radius 1 is 1.22 bits per heavy atom. The largest absolute Gasteiger partial charge is 0.287 e. The molecule has 2 unspecified atom stereocenters. The van der Waals surface area contributed by atoms with Crippen LogP contribution in [0.3, 0.4) is 0 Å². The molecule has 0 aliphatic carbocycles. The van der Waals surface area contributed by atoms with Crippen LogP contribution in [0.1, 0.15) is 26.2 Å². The summed E-state index contributed by atoms with van der Waals surface area (Å²) >= 11 is 0.780. The van der Waals surface area contributed by atoms with Gasteiger partial charge in [0.1, 0.15) is 6.17 Å². The lowest BCUT2D eigenvalue weighted by atomic mass is 10.1. The van der Waals surface area contributed by atoms with E-state index in [9.17, 15) is 31.1 Å². The molecule has 0 aromatic rings. The number of alkyl halides is 6. The third kappa shape index (κ3) is 6.51. The Hall–Kier alpha value is -0.400. The van der Waals surface area contributed by atoms with Crippen LogP contribution < -0.4 is 0 Å². The molecule has 0 saturated heterocycles. The molecule has 108 valence electrons. The molecule has 0 aliphatic rings. The summed E-state index contributed by atoms with van der Waals surface area (Å²) in [4.78, 5) is 10.8. The number of carbonyl (C=O) groups is 1. The maximum absolute atomic E-state index is 13.1. The summed E-state index contributed by atoms with van der Waals surface area (Å²) in [5.41, 5.74) is 0. The molecule has 1 nitrogen and oxygen atoms in total. The van der Waals surface area contributed by atoms with Crippen LogP contribution in [0.25, 0.3) is 0 Å². The third-order valence-corrected chi connectivity index (χ3v) is 3.15. The van der Waals surface area contributed by atoms with Crippen molar-refractivity contribution in [3.63, 3.8) is 0 Å². The highest BCUT2D eigenvalue weighted by Gasteiger charge is 2.47. The molecule has 0 N–H and O–H groups in total. The second kappa shape index (κ2) is 7.91. The number of rotatable bonds is 8. The van der Waals surface area contributed by atoms with Crippen molar-refractivity contribution >= 4 is 16.9 Å². The smallest absolute Gasteiger partial charge is 0.287 e. The molecule has 0 saturated carbocycles. The minimum absolute atomic E-state index is 0.0322. The summed E-state index contributed by atoms with van der Waals surface area (Å²) in [6.45, 7) is 1.59. The van der Waals surface area contributed by atoms with E-state index >= 15 is 0 Å². The third-order valence-electron chi connectivity index (χ3n) is 2.10. The minimum atomic E-state index is -4.40. The Kier molecular flexibility index (Phi) is 7.73. The van der Waals surface area contributed by atoms with Gasteiger partial charge in [-0.15, -0.1) is 0 Å². The number of hydrogen-bond donors (Lipinski definition) is 0. The quantitative estimate of drug-likeness (QED) is 0.629. The first-order chi connectivity index (χ1) is 8.20. The molecule has 8 heteroatoms. The number of halogens is 6. The minimum Gasteiger partial charge on any atom is -0.287 e. The predicted molar refractivity (Wildman–Crippen MR) is 57.7 cm³/mol. The normalized spacial score (nSPS) is 15.8. The molecule has 0 aromatic carbocycles. The highest BCUT2D eigenvalue weighted by atomic mass is 32.2. The molecule has 2 atom stereocenters. The van der Waals surface area contributed by atoms with Gasteiger partial charge in [0.2, 0.25) is 6.17 Å². The Morgan fingerprint density at radius 2 is 1.78 bits per heavy atom. The lowest BCUT2D eigenvalue weighted by molar-refractivity contribution is -0.139. The number of thioether (sulfide) groups is 1. The van der Waals surface area contributed by atoms with Gasteiger partial charge in [0.25, 0.3) is 12.3 Å². The average Bonchev–Trinajstić information content (AvgIpc) is 2.26. The van der Waals surface area contributed by atoms with E-state index < -0.39 is 37.5 Å². The average molecular weight is 296 g/mol. The first-order valence-electron chi connectivity index (χ1n) is 5.30. The Bertz CT molecular complexity index is 261. The van der Waals surface area contributed by atoms with Gasteiger partial charge in [-0.05, 0) is 6.42 Å². The molecule has 18 heavy (non-hydrogen) atoms. The van der Waals surface area contributed by atoms with E-state index in [1.54, 1.807) is 6.92 Å². The summed E-state index contributed by atoms with van der Waals surface area (Å²) in [5, 5.41) is -0.218. The zero-order valence-corrected chi connectivity index (χ0v) is 10.5. The molecular formula is C10H14F6OS. The molecule has 0 rings (SSSR count). The fourth-order valence-electron chi connectivity index (χ4n) is 1.10. The first kappa shape index (κ1) is 17.6. The van der Waals surface area contributed by atoms with Crippen LogP contribution in [0.5, 0.6) is 0 Å². The van der Waals surface area contributed by atoms with E-state index in [2.05, 4.69) is 0 Å². The zero-order chi connectivity index (χ0) is 14.3. The molecular weight excluding hydrogens is 282 g/mol. The van der Waals surface area contributed by atoms with Crippen molar-refractivity contribution in [3.8, 4) is 0 Å². The van der Waals surface area contributed by atoms with E-state index in [1.807, 2.05) is 0 Å². The van der Waals surface area contributed by atoms with E-state index in [1.165, 1.54) is 0 Å². The lowest BCUT2D eigenvalue weighted by Crippen LogP contribution is -2.38. The molecule has 0 aromatic heterocycles. The van der Waals surface area contributed by atoms with Crippen molar-refractivity contribution in [3.05, 3.63) is 0 Å². The fourth-order valence-corrected chi connectivity index (χ4v) is 1.90. The van der Waals surface area contributed by atoms with Gasteiger partial charge in [-0.2, -0.15) is 0 Å². The van der Waals surface area contributed by atoms with Crippen LogP contribution in [0, 0.1) is 0 Å². The van der Waals surface area contributed by atoms with Gasteiger partial charge in [0.05, 0.1) is 0 Å². The Balaban J connectivity index is 4.06. The van der Waals surface area contributed by atoms with Gasteiger partial charge in [0, 0.05) is 18.6 Å². The predicted octanol–water partition coefficient (Wildman–Crippen LogP) is 4.01. The van der Waals surface area contributed by atoms with E-state index in [0.717, 1.165) is 11.8 Å². The molecule has 0 radical (unpaired) electrons.